The monoisotopic (exact) mass is 147 g/mol. The van der Waals surface area contributed by atoms with Gasteiger partial charge in [0.25, 0.3) is 0 Å². The van der Waals surface area contributed by atoms with Crippen molar-refractivity contribution in [1.82, 2.24) is 4.90 Å². The molecule has 1 atom stereocenters. The van der Waals surface area contributed by atoms with Crippen LogP contribution >= 0.6 is 0 Å². The lowest BCUT2D eigenvalue weighted by atomic mass is 10.5. The van der Waals surface area contributed by atoms with E-state index in [1.807, 2.05) is 25.9 Å². The van der Waals surface area contributed by atoms with Gasteiger partial charge in [0.05, 0.1) is 0 Å². The molecule has 62 valence electrons. The Morgan fingerprint density at radius 3 is 2.30 bits per heavy atom. The maximum atomic E-state index is 5.24. The molecule has 0 heterocycles. The van der Waals surface area contributed by atoms with Gasteiger partial charge < -0.3 is 14.4 Å². The maximum absolute atomic E-state index is 5.24. The molecule has 3 nitrogen and oxygen atoms in total. The lowest BCUT2D eigenvalue weighted by Gasteiger charge is -2.18. The van der Waals surface area contributed by atoms with Crippen molar-refractivity contribution in [3.05, 3.63) is 0 Å². The number of methoxy groups -OCH3 is 1. The van der Waals surface area contributed by atoms with Crippen molar-refractivity contribution in [2.75, 3.05) is 34.4 Å². The van der Waals surface area contributed by atoms with Crippen molar-refractivity contribution in [2.24, 2.45) is 0 Å². The Bertz CT molecular complexity index is 76.0. The Kier molecular flexibility index (Phi) is 5.58. The van der Waals surface area contributed by atoms with Gasteiger partial charge in [-0.3, -0.25) is 0 Å². The molecule has 0 rings (SSSR count). The van der Waals surface area contributed by atoms with Crippen molar-refractivity contribution >= 4 is 0 Å². The number of hydrogen-bond acceptors (Lipinski definition) is 3. The third-order valence-corrected chi connectivity index (χ3v) is 1.13. The predicted molar refractivity (Wildman–Crippen MR) is 41.0 cm³/mol. The molecule has 0 bridgehead atoms. The van der Waals surface area contributed by atoms with E-state index < -0.39 is 0 Å². The summed E-state index contributed by atoms with van der Waals surface area (Å²) < 4.78 is 10.3. The Morgan fingerprint density at radius 1 is 1.40 bits per heavy atom. The van der Waals surface area contributed by atoms with Crippen molar-refractivity contribution in [3.63, 3.8) is 0 Å². The fourth-order valence-corrected chi connectivity index (χ4v) is 0.679. The average Bonchev–Trinajstić information content (AvgIpc) is 1.86. The number of ether oxygens (including phenoxy) is 2. The molecule has 0 N–H and O–H groups in total. The molecule has 3 heteroatoms. The summed E-state index contributed by atoms with van der Waals surface area (Å²) in [4.78, 5) is 2.03. The summed E-state index contributed by atoms with van der Waals surface area (Å²) in [7, 11) is 5.64. The van der Waals surface area contributed by atoms with Crippen molar-refractivity contribution in [2.45, 2.75) is 13.2 Å². The van der Waals surface area contributed by atoms with E-state index in [1.54, 1.807) is 7.11 Å². The quantitative estimate of drug-likeness (QED) is 0.530. The standard InChI is InChI=1S/C7H17NO2/c1-5-10-7(9-4)6-8(2)3/h7H,5-6H2,1-4H3. The topological polar surface area (TPSA) is 21.7 Å². The second kappa shape index (κ2) is 5.65. The first kappa shape index (κ1) is 9.88. The number of likely N-dealkylation sites (N-methyl/N-ethyl adjacent to an activating group) is 1. The minimum Gasteiger partial charge on any atom is -0.355 e. The van der Waals surface area contributed by atoms with Crippen LogP contribution in [0.2, 0.25) is 0 Å². The predicted octanol–water partition coefficient (Wildman–Crippen LogP) is 0.557. The van der Waals surface area contributed by atoms with Gasteiger partial charge in [0, 0.05) is 20.3 Å². The smallest absolute Gasteiger partial charge is 0.169 e. The van der Waals surface area contributed by atoms with E-state index >= 15 is 0 Å². The van der Waals surface area contributed by atoms with Gasteiger partial charge in [-0.2, -0.15) is 0 Å². The third-order valence-electron chi connectivity index (χ3n) is 1.13. The first-order chi connectivity index (χ1) is 4.70. The molecule has 0 radical (unpaired) electrons. The van der Waals surface area contributed by atoms with Crippen LogP contribution in [0, 0.1) is 0 Å². The van der Waals surface area contributed by atoms with Gasteiger partial charge in [-0.25, -0.2) is 0 Å². The van der Waals surface area contributed by atoms with Crippen LogP contribution in [-0.2, 0) is 9.47 Å². The molecule has 10 heavy (non-hydrogen) atoms. The number of hydrogen-bond donors (Lipinski definition) is 0. The van der Waals surface area contributed by atoms with Crippen LogP contribution in [0.3, 0.4) is 0 Å². The Hall–Kier alpha value is -0.120. The maximum Gasteiger partial charge on any atom is 0.169 e. The van der Waals surface area contributed by atoms with Gasteiger partial charge in [-0.15, -0.1) is 0 Å². The Balaban J connectivity index is 3.39. The molecular formula is C7H17NO2. The van der Waals surface area contributed by atoms with Gasteiger partial charge in [0.15, 0.2) is 6.29 Å². The first-order valence-corrected chi connectivity index (χ1v) is 3.49. The van der Waals surface area contributed by atoms with Crippen molar-refractivity contribution in [1.29, 1.82) is 0 Å². The summed E-state index contributed by atoms with van der Waals surface area (Å²) in [6.45, 7) is 3.47. The van der Waals surface area contributed by atoms with Crippen LogP contribution in [0.1, 0.15) is 6.92 Å². The van der Waals surface area contributed by atoms with E-state index in [9.17, 15) is 0 Å². The third kappa shape index (κ3) is 4.73. The molecule has 0 aliphatic carbocycles. The largest absolute Gasteiger partial charge is 0.355 e. The van der Waals surface area contributed by atoms with Gasteiger partial charge in [-0.1, -0.05) is 0 Å². The van der Waals surface area contributed by atoms with E-state index in [0.717, 1.165) is 6.54 Å². The zero-order valence-corrected chi connectivity index (χ0v) is 7.26. The number of rotatable bonds is 5. The molecule has 0 amide bonds. The molecule has 0 aliphatic heterocycles. The van der Waals surface area contributed by atoms with Gasteiger partial charge >= 0.3 is 0 Å². The molecular weight excluding hydrogens is 130 g/mol. The SMILES string of the molecule is CCOC(CN(C)C)OC. The van der Waals surface area contributed by atoms with Gasteiger partial charge in [0.2, 0.25) is 0 Å². The van der Waals surface area contributed by atoms with E-state index in [1.165, 1.54) is 0 Å². The summed E-state index contributed by atoms with van der Waals surface area (Å²) in [5, 5.41) is 0. The highest BCUT2D eigenvalue weighted by molar-refractivity contribution is 4.47. The molecule has 0 aromatic rings. The van der Waals surface area contributed by atoms with Crippen LogP contribution in [0.5, 0.6) is 0 Å². The fraction of sp³-hybridized carbons (Fsp3) is 1.00. The summed E-state index contributed by atoms with van der Waals surface area (Å²) in [6, 6.07) is 0. The van der Waals surface area contributed by atoms with Gasteiger partial charge in [0.1, 0.15) is 0 Å². The summed E-state index contributed by atoms with van der Waals surface area (Å²) >= 11 is 0. The second-order valence-corrected chi connectivity index (χ2v) is 2.38. The fourth-order valence-electron chi connectivity index (χ4n) is 0.679. The Morgan fingerprint density at radius 2 is 2.00 bits per heavy atom. The summed E-state index contributed by atoms with van der Waals surface area (Å²) in [6.07, 6.45) is -0.0833. The van der Waals surface area contributed by atoms with Crippen LogP contribution < -0.4 is 0 Å². The first-order valence-electron chi connectivity index (χ1n) is 3.49. The van der Waals surface area contributed by atoms with Crippen molar-refractivity contribution < 1.29 is 9.47 Å². The minimum absolute atomic E-state index is 0.0833. The van der Waals surface area contributed by atoms with Crippen molar-refractivity contribution in [3.8, 4) is 0 Å². The lowest BCUT2D eigenvalue weighted by molar-refractivity contribution is -0.128. The highest BCUT2D eigenvalue weighted by atomic mass is 16.7. The minimum atomic E-state index is -0.0833. The lowest BCUT2D eigenvalue weighted by Crippen LogP contribution is -2.29. The molecule has 0 aromatic carbocycles. The molecule has 0 aliphatic rings. The summed E-state index contributed by atoms with van der Waals surface area (Å²) in [5.74, 6) is 0. The molecule has 0 fully saturated rings. The highest BCUT2D eigenvalue weighted by Crippen LogP contribution is 1.93. The Labute approximate surface area is 62.9 Å². The van der Waals surface area contributed by atoms with E-state index in [4.69, 9.17) is 9.47 Å². The van der Waals surface area contributed by atoms with Crippen LogP contribution in [0.4, 0.5) is 0 Å². The van der Waals surface area contributed by atoms with E-state index in [0.29, 0.717) is 6.61 Å². The molecule has 1 unspecified atom stereocenters. The summed E-state index contributed by atoms with van der Waals surface area (Å²) in [5.41, 5.74) is 0. The average molecular weight is 147 g/mol. The normalized spacial score (nSPS) is 14.1. The zero-order valence-electron chi connectivity index (χ0n) is 7.26. The molecule has 0 aromatic heterocycles. The van der Waals surface area contributed by atoms with Crippen LogP contribution in [0.25, 0.3) is 0 Å². The van der Waals surface area contributed by atoms with Gasteiger partial charge in [-0.05, 0) is 21.0 Å². The van der Waals surface area contributed by atoms with E-state index in [-0.39, 0.29) is 6.29 Å². The highest BCUT2D eigenvalue weighted by Gasteiger charge is 2.05. The van der Waals surface area contributed by atoms with Crippen LogP contribution in [-0.4, -0.2) is 45.5 Å². The second-order valence-electron chi connectivity index (χ2n) is 2.38. The van der Waals surface area contributed by atoms with Crippen LogP contribution in [0.15, 0.2) is 0 Å². The molecule has 0 saturated heterocycles. The number of nitrogens with zero attached hydrogens (tertiary/aromatic N) is 1. The molecule has 0 saturated carbocycles. The zero-order chi connectivity index (χ0) is 7.98. The van der Waals surface area contributed by atoms with E-state index in [2.05, 4.69) is 0 Å². The molecule has 0 spiro atoms.